The molecule has 3 rings (SSSR count). The summed E-state index contributed by atoms with van der Waals surface area (Å²) >= 11 is 0. The lowest BCUT2D eigenvalue weighted by atomic mass is 9.89. The van der Waals surface area contributed by atoms with Crippen molar-refractivity contribution in [3.05, 3.63) is 66.2 Å². The smallest absolute Gasteiger partial charge is 0.159 e. The maximum Gasteiger partial charge on any atom is 0.159 e. The molecule has 0 amide bonds. The van der Waals surface area contributed by atoms with Gasteiger partial charge in [-0.2, -0.15) is 0 Å². The predicted octanol–water partition coefficient (Wildman–Crippen LogP) is 3.72. The van der Waals surface area contributed by atoms with E-state index in [1.54, 1.807) is 0 Å². The zero-order valence-corrected chi connectivity index (χ0v) is 16.2. The predicted molar refractivity (Wildman–Crippen MR) is 106 cm³/mol. The lowest BCUT2D eigenvalue weighted by Gasteiger charge is -2.34. The molecule has 25 heavy (non-hydrogen) atoms. The SMILES string of the molecule is CCC[C@H]1C(c2ccccc2)=NO[C@@H]1[C@@H](O)[Si](C)(C)c1ccccc1. The monoisotopic (exact) mass is 353 g/mol. The summed E-state index contributed by atoms with van der Waals surface area (Å²) in [5, 5.41) is 16.9. The molecular formula is C21H27NO2Si. The molecule has 4 heteroatoms. The Morgan fingerprint density at radius 1 is 1.04 bits per heavy atom. The summed E-state index contributed by atoms with van der Waals surface area (Å²) in [5.74, 6) is 0.137. The third-order valence-electron chi connectivity index (χ3n) is 5.26. The molecule has 1 aliphatic rings. The van der Waals surface area contributed by atoms with E-state index in [4.69, 9.17) is 4.84 Å². The molecule has 0 bridgehead atoms. The Balaban J connectivity index is 1.87. The molecule has 2 aromatic carbocycles. The van der Waals surface area contributed by atoms with E-state index in [1.165, 1.54) is 5.19 Å². The lowest BCUT2D eigenvalue weighted by molar-refractivity contribution is -0.00631. The molecule has 132 valence electrons. The minimum Gasteiger partial charge on any atom is -0.392 e. The second-order valence-electron chi connectivity index (χ2n) is 7.34. The van der Waals surface area contributed by atoms with Crippen LogP contribution in [0.25, 0.3) is 0 Å². The van der Waals surface area contributed by atoms with Crippen LogP contribution in [0, 0.1) is 5.92 Å². The van der Waals surface area contributed by atoms with Crippen LogP contribution >= 0.6 is 0 Å². The largest absolute Gasteiger partial charge is 0.392 e. The van der Waals surface area contributed by atoms with Gasteiger partial charge < -0.3 is 9.94 Å². The van der Waals surface area contributed by atoms with E-state index in [0.717, 1.165) is 24.1 Å². The van der Waals surface area contributed by atoms with Crippen LogP contribution in [0.4, 0.5) is 0 Å². The number of benzene rings is 2. The normalized spacial score (nSPS) is 21.5. The van der Waals surface area contributed by atoms with Crippen molar-refractivity contribution in [2.75, 3.05) is 0 Å². The highest BCUT2D eigenvalue weighted by atomic mass is 28.3. The standard InChI is InChI=1S/C21H27NO2Si/c1-4-11-18-19(16-12-7-5-8-13-16)22-24-20(18)21(23)25(2,3)17-14-9-6-10-15-17/h5-10,12-15,18,20-21,23H,4,11H2,1-3H3/t18-,20-,21-/m0/s1. The number of hydrogen-bond donors (Lipinski definition) is 1. The van der Waals surface area contributed by atoms with E-state index >= 15 is 0 Å². The van der Waals surface area contributed by atoms with E-state index < -0.39 is 13.8 Å². The first-order chi connectivity index (χ1) is 12.1. The first kappa shape index (κ1) is 17.9. The minimum atomic E-state index is -2.09. The highest BCUT2D eigenvalue weighted by molar-refractivity contribution is 6.90. The Kier molecular flexibility index (Phi) is 5.40. The van der Waals surface area contributed by atoms with Crippen molar-refractivity contribution in [2.45, 2.75) is 44.7 Å². The first-order valence-corrected chi connectivity index (χ1v) is 12.2. The third-order valence-corrected chi connectivity index (χ3v) is 8.89. The molecule has 0 fully saturated rings. The van der Waals surface area contributed by atoms with Crippen LogP contribution in [0.2, 0.25) is 13.1 Å². The van der Waals surface area contributed by atoms with Crippen molar-refractivity contribution in [3.8, 4) is 0 Å². The maximum atomic E-state index is 11.3. The van der Waals surface area contributed by atoms with Gasteiger partial charge in [0, 0.05) is 5.92 Å². The van der Waals surface area contributed by atoms with Crippen molar-refractivity contribution < 1.29 is 9.94 Å². The van der Waals surface area contributed by atoms with Gasteiger partial charge in [-0.3, -0.25) is 0 Å². The van der Waals surface area contributed by atoms with Gasteiger partial charge in [0.15, 0.2) is 6.10 Å². The number of nitrogens with zero attached hydrogens (tertiary/aromatic N) is 1. The van der Waals surface area contributed by atoms with Crippen molar-refractivity contribution in [2.24, 2.45) is 11.1 Å². The molecule has 0 saturated heterocycles. The summed E-state index contributed by atoms with van der Waals surface area (Å²) in [6, 6.07) is 20.5. The molecule has 0 aromatic heterocycles. The van der Waals surface area contributed by atoms with Gasteiger partial charge in [-0.1, -0.05) is 97.4 Å². The van der Waals surface area contributed by atoms with Crippen molar-refractivity contribution in [3.63, 3.8) is 0 Å². The Bertz CT molecular complexity index is 715. The maximum absolute atomic E-state index is 11.3. The molecule has 0 saturated carbocycles. The summed E-state index contributed by atoms with van der Waals surface area (Å²) in [7, 11) is -2.09. The van der Waals surface area contributed by atoms with Crippen LogP contribution in [-0.2, 0) is 4.84 Å². The quantitative estimate of drug-likeness (QED) is 0.804. The fraction of sp³-hybridized carbons (Fsp3) is 0.381. The van der Waals surface area contributed by atoms with E-state index in [2.05, 4.69) is 49.4 Å². The second-order valence-corrected chi connectivity index (χ2v) is 12.0. The van der Waals surface area contributed by atoms with E-state index in [0.29, 0.717) is 0 Å². The summed E-state index contributed by atoms with van der Waals surface area (Å²) in [4.78, 5) is 5.83. The third kappa shape index (κ3) is 3.55. The Hall–Kier alpha value is -1.91. The minimum absolute atomic E-state index is 0.137. The molecule has 0 aliphatic carbocycles. The molecule has 1 aliphatic heterocycles. The topological polar surface area (TPSA) is 41.8 Å². The zero-order valence-electron chi connectivity index (χ0n) is 15.2. The Morgan fingerprint density at radius 2 is 1.64 bits per heavy atom. The molecule has 0 radical (unpaired) electrons. The highest BCUT2D eigenvalue weighted by Crippen LogP contribution is 2.32. The molecule has 2 aromatic rings. The van der Waals surface area contributed by atoms with Gasteiger partial charge in [0.1, 0.15) is 8.07 Å². The number of rotatable bonds is 6. The van der Waals surface area contributed by atoms with E-state index in [1.807, 2.05) is 36.4 Å². The van der Waals surface area contributed by atoms with Crippen LogP contribution in [-0.4, -0.2) is 30.7 Å². The summed E-state index contributed by atoms with van der Waals surface area (Å²) in [6.07, 6.45) is 1.74. The molecule has 1 heterocycles. The summed E-state index contributed by atoms with van der Waals surface area (Å²) < 4.78 is 0. The number of hydrogen-bond acceptors (Lipinski definition) is 3. The van der Waals surface area contributed by atoms with Crippen molar-refractivity contribution in [1.29, 1.82) is 0 Å². The summed E-state index contributed by atoms with van der Waals surface area (Å²) in [6.45, 7) is 6.59. The van der Waals surface area contributed by atoms with Crippen molar-refractivity contribution >= 4 is 19.0 Å². The first-order valence-electron chi connectivity index (χ1n) is 9.08. The average molecular weight is 354 g/mol. The molecule has 0 spiro atoms. The number of aliphatic hydroxyl groups is 1. The van der Waals surface area contributed by atoms with Gasteiger partial charge in [-0.05, 0) is 12.0 Å². The van der Waals surface area contributed by atoms with E-state index in [9.17, 15) is 5.11 Å². The zero-order chi connectivity index (χ0) is 17.9. The average Bonchev–Trinajstić information content (AvgIpc) is 3.06. The lowest BCUT2D eigenvalue weighted by Crippen LogP contribution is -2.59. The van der Waals surface area contributed by atoms with Crippen LogP contribution in [0.3, 0.4) is 0 Å². The Labute approximate surface area is 151 Å². The van der Waals surface area contributed by atoms with Gasteiger partial charge in [-0.25, -0.2) is 0 Å². The van der Waals surface area contributed by atoms with Gasteiger partial charge in [-0.15, -0.1) is 0 Å². The highest BCUT2D eigenvalue weighted by Gasteiger charge is 2.46. The van der Waals surface area contributed by atoms with Gasteiger partial charge in [0.25, 0.3) is 0 Å². The van der Waals surface area contributed by atoms with Gasteiger partial charge in [0.2, 0.25) is 0 Å². The molecule has 3 nitrogen and oxygen atoms in total. The fourth-order valence-electron chi connectivity index (χ4n) is 3.63. The van der Waals surface area contributed by atoms with Gasteiger partial charge in [0.05, 0.1) is 11.4 Å². The van der Waals surface area contributed by atoms with Crippen LogP contribution in [0.5, 0.6) is 0 Å². The van der Waals surface area contributed by atoms with Crippen LogP contribution < -0.4 is 5.19 Å². The van der Waals surface area contributed by atoms with Gasteiger partial charge >= 0.3 is 0 Å². The van der Waals surface area contributed by atoms with E-state index in [-0.39, 0.29) is 12.0 Å². The molecule has 0 unspecified atom stereocenters. The number of oxime groups is 1. The Morgan fingerprint density at radius 3 is 2.24 bits per heavy atom. The summed E-state index contributed by atoms with van der Waals surface area (Å²) in [5.41, 5.74) is 1.57. The number of aliphatic hydroxyl groups excluding tert-OH is 1. The molecule has 3 atom stereocenters. The van der Waals surface area contributed by atoms with Crippen LogP contribution in [0.1, 0.15) is 25.3 Å². The molecule has 1 N–H and O–H groups in total. The van der Waals surface area contributed by atoms with Crippen LogP contribution in [0.15, 0.2) is 65.8 Å². The fourth-order valence-corrected chi connectivity index (χ4v) is 6.14. The van der Waals surface area contributed by atoms with Crippen molar-refractivity contribution in [1.82, 2.24) is 0 Å². The second kappa shape index (κ2) is 7.54. The molecular weight excluding hydrogens is 326 g/mol.